The first-order valence-corrected chi connectivity index (χ1v) is 9.56. The maximum absolute atomic E-state index is 15.4. The van der Waals surface area contributed by atoms with Gasteiger partial charge in [0.15, 0.2) is 18.5 Å². The van der Waals surface area contributed by atoms with Gasteiger partial charge in [0.05, 0.1) is 11.8 Å². The molecule has 2 N–H and O–H groups in total. The van der Waals surface area contributed by atoms with Crippen LogP contribution < -0.4 is 11.4 Å². The third-order valence-corrected chi connectivity index (χ3v) is 4.80. The molecular weight excluding hydrogens is 385 g/mol. The summed E-state index contributed by atoms with van der Waals surface area (Å²) in [4.78, 5) is 39.9. The summed E-state index contributed by atoms with van der Waals surface area (Å²) < 4.78 is 33.0. The summed E-state index contributed by atoms with van der Waals surface area (Å²) in [5, 5.41) is 0. The fourth-order valence-corrected chi connectivity index (χ4v) is 2.94. The SMILES string of the molecule is CC[C@]1(COC(=O)C(C)C)O[C@@H](n2ccc(N)nc2=O)C(F)[C@@H]1OC(=O)C(C)C. The Bertz CT molecular complexity index is 811. The number of carbonyl (C=O) groups is 2. The van der Waals surface area contributed by atoms with Gasteiger partial charge in [0.1, 0.15) is 18.0 Å². The first-order chi connectivity index (χ1) is 13.5. The molecular formula is C19H28FN3O6. The van der Waals surface area contributed by atoms with Crippen LogP contribution in [0.25, 0.3) is 0 Å². The van der Waals surface area contributed by atoms with Gasteiger partial charge in [-0.25, -0.2) is 9.18 Å². The van der Waals surface area contributed by atoms with Gasteiger partial charge in [-0.3, -0.25) is 14.2 Å². The third kappa shape index (κ3) is 4.75. The summed E-state index contributed by atoms with van der Waals surface area (Å²) in [6.45, 7) is 7.91. The molecule has 2 rings (SSSR count). The van der Waals surface area contributed by atoms with Gasteiger partial charge in [-0.05, 0) is 12.5 Å². The molecule has 29 heavy (non-hydrogen) atoms. The Hall–Kier alpha value is -2.49. The lowest BCUT2D eigenvalue weighted by molar-refractivity contribution is -0.182. The van der Waals surface area contributed by atoms with Crippen molar-refractivity contribution in [2.75, 3.05) is 12.3 Å². The van der Waals surface area contributed by atoms with E-state index in [4.69, 9.17) is 19.9 Å². The number of hydrogen-bond donors (Lipinski definition) is 1. The number of nitrogen functional groups attached to an aromatic ring is 1. The largest absolute Gasteiger partial charge is 0.462 e. The van der Waals surface area contributed by atoms with E-state index in [1.165, 1.54) is 12.3 Å². The predicted octanol–water partition coefficient (Wildman–Crippen LogP) is 1.61. The van der Waals surface area contributed by atoms with Crippen LogP contribution in [0.2, 0.25) is 0 Å². The molecule has 9 nitrogen and oxygen atoms in total. The first kappa shape index (κ1) is 22.8. The second-order valence-corrected chi connectivity index (χ2v) is 7.69. The lowest BCUT2D eigenvalue weighted by Gasteiger charge is -2.32. The van der Waals surface area contributed by atoms with Crippen LogP contribution in [0.15, 0.2) is 17.1 Å². The zero-order valence-corrected chi connectivity index (χ0v) is 17.3. The second kappa shape index (κ2) is 8.89. The topological polar surface area (TPSA) is 123 Å². The molecule has 1 aliphatic rings. The van der Waals surface area contributed by atoms with E-state index in [-0.39, 0.29) is 18.8 Å². The van der Waals surface area contributed by atoms with Crippen molar-refractivity contribution in [2.45, 2.75) is 65.1 Å². The van der Waals surface area contributed by atoms with E-state index in [9.17, 15) is 14.4 Å². The zero-order chi connectivity index (χ0) is 21.9. The molecule has 2 heterocycles. The third-order valence-electron chi connectivity index (χ3n) is 4.80. The van der Waals surface area contributed by atoms with Crippen LogP contribution in [0.3, 0.4) is 0 Å². The average Bonchev–Trinajstić information content (AvgIpc) is 2.92. The highest BCUT2D eigenvalue weighted by molar-refractivity contribution is 5.72. The van der Waals surface area contributed by atoms with E-state index in [2.05, 4.69) is 4.98 Å². The molecule has 162 valence electrons. The van der Waals surface area contributed by atoms with Crippen LogP contribution in [-0.2, 0) is 23.8 Å². The molecule has 1 saturated heterocycles. The summed E-state index contributed by atoms with van der Waals surface area (Å²) in [5.41, 5.74) is 3.22. The van der Waals surface area contributed by atoms with Crippen LogP contribution in [0.5, 0.6) is 0 Å². The minimum atomic E-state index is -1.89. The van der Waals surface area contributed by atoms with Crippen molar-refractivity contribution >= 4 is 17.8 Å². The van der Waals surface area contributed by atoms with Crippen LogP contribution in [0.4, 0.5) is 10.2 Å². The molecule has 4 atom stereocenters. The van der Waals surface area contributed by atoms with Gasteiger partial charge in [0, 0.05) is 6.20 Å². The van der Waals surface area contributed by atoms with Crippen molar-refractivity contribution in [3.8, 4) is 0 Å². The monoisotopic (exact) mass is 413 g/mol. The van der Waals surface area contributed by atoms with Crippen molar-refractivity contribution in [1.29, 1.82) is 0 Å². The van der Waals surface area contributed by atoms with E-state index in [0.29, 0.717) is 0 Å². The lowest BCUT2D eigenvalue weighted by atomic mass is 9.93. The smallest absolute Gasteiger partial charge is 0.351 e. The van der Waals surface area contributed by atoms with Gasteiger partial charge in [-0.15, -0.1) is 0 Å². The van der Waals surface area contributed by atoms with Crippen molar-refractivity contribution < 1.29 is 28.2 Å². The molecule has 1 fully saturated rings. The molecule has 0 radical (unpaired) electrons. The number of halogens is 1. The minimum Gasteiger partial charge on any atom is -0.462 e. The number of anilines is 1. The molecule has 1 unspecified atom stereocenters. The molecule has 0 spiro atoms. The molecule has 10 heteroatoms. The van der Waals surface area contributed by atoms with Crippen LogP contribution >= 0.6 is 0 Å². The number of aromatic nitrogens is 2. The summed E-state index contributed by atoms with van der Waals surface area (Å²) in [6, 6.07) is 1.33. The Balaban J connectivity index is 2.42. The van der Waals surface area contributed by atoms with Gasteiger partial charge in [0.2, 0.25) is 0 Å². The fraction of sp³-hybridized carbons (Fsp3) is 0.684. The van der Waals surface area contributed by atoms with Crippen LogP contribution in [0.1, 0.15) is 47.3 Å². The highest BCUT2D eigenvalue weighted by atomic mass is 19.1. The lowest BCUT2D eigenvalue weighted by Crippen LogP contribution is -2.49. The normalized spacial score (nSPS) is 26.7. The van der Waals surface area contributed by atoms with Crippen molar-refractivity contribution in [3.63, 3.8) is 0 Å². The van der Waals surface area contributed by atoms with Gasteiger partial charge in [-0.2, -0.15) is 4.98 Å². The molecule has 0 aromatic carbocycles. The molecule has 0 aliphatic carbocycles. The number of carbonyl (C=O) groups excluding carboxylic acids is 2. The predicted molar refractivity (Wildman–Crippen MR) is 101 cm³/mol. The fourth-order valence-electron chi connectivity index (χ4n) is 2.94. The minimum absolute atomic E-state index is 0.0185. The second-order valence-electron chi connectivity index (χ2n) is 7.69. The van der Waals surface area contributed by atoms with Crippen LogP contribution in [-0.4, -0.2) is 46.0 Å². The standard InChI is InChI=1S/C19H28FN3O6/c1-6-19(9-27-16(24)10(2)3)14(28-17(25)11(4)5)13(20)15(29-19)23-8-7-12(21)22-18(23)26/h7-8,10-11,13-15H,6,9H2,1-5H3,(H2,21,22,26)/t13?,14-,15+,19+/m0/s1. The number of alkyl halides is 1. The number of hydrogen-bond acceptors (Lipinski definition) is 8. The summed E-state index contributed by atoms with van der Waals surface area (Å²) >= 11 is 0. The Kier molecular flexibility index (Phi) is 6.99. The quantitative estimate of drug-likeness (QED) is 0.669. The van der Waals surface area contributed by atoms with E-state index >= 15 is 4.39 Å². The van der Waals surface area contributed by atoms with Crippen LogP contribution in [0, 0.1) is 11.8 Å². The van der Waals surface area contributed by atoms with E-state index in [1.807, 2.05) is 0 Å². The van der Waals surface area contributed by atoms with Gasteiger partial charge in [0.25, 0.3) is 0 Å². The molecule has 0 amide bonds. The van der Waals surface area contributed by atoms with E-state index in [0.717, 1.165) is 4.57 Å². The number of rotatable bonds is 7. The Labute approximate surface area is 168 Å². The number of esters is 2. The highest BCUT2D eigenvalue weighted by Gasteiger charge is 2.59. The summed E-state index contributed by atoms with van der Waals surface area (Å²) in [7, 11) is 0. The number of nitrogens with two attached hydrogens (primary N) is 1. The highest BCUT2D eigenvalue weighted by Crippen LogP contribution is 2.43. The molecule has 0 bridgehead atoms. The van der Waals surface area contributed by atoms with Crippen molar-refractivity contribution in [3.05, 3.63) is 22.7 Å². The summed E-state index contributed by atoms with van der Waals surface area (Å²) in [5.74, 6) is -2.05. The first-order valence-electron chi connectivity index (χ1n) is 9.56. The molecule has 0 saturated carbocycles. The maximum Gasteiger partial charge on any atom is 0.351 e. The van der Waals surface area contributed by atoms with E-state index in [1.54, 1.807) is 34.6 Å². The number of nitrogens with zero attached hydrogens (tertiary/aromatic N) is 2. The molecule has 1 aromatic heterocycles. The number of ether oxygens (including phenoxy) is 3. The zero-order valence-electron chi connectivity index (χ0n) is 17.3. The van der Waals surface area contributed by atoms with E-state index < -0.39 is 53.6 Å². The van der Waals surface area contributed by atoms with Gasteiger partial charge in [-0.1, -0.05) is 34.6 Å². The van der Waals surface area contributed by atoms with Gasteiger partial charge >= 0.3 is 17.6 Å². The van der Waals surface area contributed by atoms with Gasteiger partial charge < -0.3 is 19.9 Å². The maximum atomic E-state index is 15.4. The van der Waals surface area contributed by atoms with Crippen molar-refractivity contribution in [2.24, 2.45) is 11.8 Å². The summed E-state index contributed by atoms with van der Waals surface area (Å²) in [6.07, 6.45) is -3.26. The molecule has 1 aromatic rings. The average molecular weight is 413 g/mol. The van der Waals surface area contributed by atoms with Crippen molar-refractivity contribution in [1.82, 2.24) is 9.55 Å². The Morgan fingerprint density at radius 2 is 1.93 bits per heavy atom. The Morgan fingerprint density at radius 1 is 1.31 bits per heavy atom. The molecule has 1 aliphatic heterocycles. The Morgan fingerprint density at radius 3 is 2.45 bits per heavy atom.